The monoisotopic (exact) mass is 418 g/mol. The number of anilines is 3. The second-order valence-corrected chi connectivity index (χ2v) is 7.28. The Bertz CT molecular complexity index is 1220. The van der Waals surface area contributed by atoms with Gasteiger partial charge in [0.15, 0.2) is 17.2 Å². The minimum Gasteiger partial charge on any atom is -0.462 e. The number of hydrogen-bond acceptors (Lipinski definition) is 8. The number of primary amides is 1. The number of rotatable bonds is 5. The van der Waals surface area contributed by atoms with Crippen LogP contribution in [0.25, 0.3) is 17.1 Å². The van der Waals surface area contributed by atoms with Crippen LogP contribution in [0.4, 0.5) is 17.2 Å². The lowest BCUT2D eigenvalue weighted by Gasteiger charge is -2.29. The van der Waals surface area contributed by atoms with Crippen LogP contribution < -0.4 is 26.8 Å². The number of hydrazine groups is 1. The van der Waals surface area contributed by atoms with Crippen LogP contribution >= 0.6 is 0 Å². The topological polar surface area (TPSA) is 131 Å². The van der Waals surface area contributed by atoms with E-state index in [1.807, 2.05) is 12.1 Å². The van der Waals surface area contributed by atoms with E-state index in [9.17, 15) is 4.79 Å². The minimum absolute atomic E-state index is 0.289. The van der Waals surface area contributed by atoms with Gasteiger partial charge in [0.05, 0.1) is 17.4 Å². The van der Waals surface area contributed by atoms with Crippen LogP contribution in [0.1, 0.15) is 10.4 Å². The maximum Gasteiger partial charge on any atom is 0.251 e. The van der Waals surface area contributed by atoms with Crippen LogP contribution in [-0.2, 0) is 0 Å². The SMILES string of the molecule is NC(=O)c1coc(-c2cnc(N(N)c3ccc(N4CCNCC4)cc3)c3nccn23)c1. The van der Waals surface area contributed by atoms with Crippen molar-refractivity contribution in [3.63, 3.8) is 0 Å². The fourth-order valence-electron chi connectivity index (χ4n) is 3.73. The number of aromatic nitrogens is 3. The molecule has 10 heteroatoms. The molecule has 1 aromatic carbocycles. The lowest BCUT2D eigenvalue weighted by molar-refractivity contribution is 0.0999. The summed E-state index contributed by atoms with van der Waals surface area (Å²) in [4.78, 5) is 22.7. The Morgan fingerprint density at radius 2 is 1.94 bits per heavy atom. The summed E-state index contributed by atoms with van der Waals surface area (Å²) < 4.78 is 7.31. The van der Waals surface area contributed by atoms with E-state index in [4.69, 9.17) is 16.0 Å². The van der Waals surface area contributed by atoms with E-state index in [1.54, 1.807) is 29.1 Å². The first kappa shape index (κ1) is 19.1. The van der Waals surface area contributed by atoms with Gasteiger partial charge in [-0.05, 0) is 30.3 Å². The molecule has 31 heavy (non-hydrogen) atoms. The van der Waals surface area contributed by atoms with Crippen LogP contribution in [0.2, 0.25) is 0 Å². The number of nitrogens with one attached hydrogen (secondary N) is 1. The molecule has 158 valence electrons. The fraction of sp³-hybridized carbons (Fsp3) is 0.190. The number of amides is 1. The van der Waals surface area contributed by atoms with Crippen molar-refractivity contribution in [2.75, 3.05) is 36.1 Å². The molecule has 4 aromatic rings. The van der Waals surface area contributed by atoms with E-state index in [2.05, 4.69) is 32.3 Å². The van der Waals surface area contributed by atoms with Gasteiger partial charge in [-0.25, -0.2) is 15.8 Å². The van der Waals surface area contributed by atoms with Gasteiger partial charge >= 0.3 is 0 Å². The Morgan fingerprint density at radius 1 is 1.16 bits per heavy atom. The van der Waals surface area contributed by atoms with Gasteiger partial charge in [-0.15, -0.1) is 0 Å². The van der Waals surface area contributed by atoms with Crippen LogP contribution in [-0.4, -0.2) is 46.5 Å². The molecule has 3 aromatic heterocycles. The van der Waals surface area contributed by atoms with E-state index < -0.39 is 5.91 Å². The Labute approximate surface area is 178 Å². The standard InChI is InChI=1S/C21H22N8O2/c22-19(30)14-11-18(31-13-14)17-12-26-21(20-25-7-10-28(17)20)29(23)16-3-1-15(2-4-16)27-8-5-24-6-9-27/h1-4,7,10-13,24H,5-6,8-9,23H2,(H2,22,30). The predicted octanol–water partition coefficient (Wildman–Crippen LogP) is 1.51. The number of piperazine rings is 1. The minimum atomic E-state index is -0.557. The van der Waals surface area contributed by atoms with Crippen LogP contribution in [0, 0.1) is 0 Å². The molecule has 5 N–H and O–H groups in total. The maximum absolute atomic E-state index is 11.4. The molecule has 0 bridgehead atoms. The summed E-state index contributed by atoms with van der Waals surface area (Å²) in [5.41, 5.74) is 8.75. The zero-order valence-corrected chi connectivity index (χ0v) is 16.7. The zero-order valence-electron chi connectivity index (χ0n) is 16.7. The van der Waals surface area contributed by atoms with E-state index in [0.29, 0.717) is 22.9 Å². The lowest BCUT2D eigenvalue weighted by atomic mass is 10.2. The van der Waals surface area contributed by atoms with Gasteiger partial charge in [-0.3, -0.25) is 14.2 Å². The highest BCUT2D eigenvalue weighted by molar-refractivity contribution is 5.93. The first-order valence-corrected chi connectivity index (χ1v) is 9.93. The Kier molecular flexibility index (Phi) is 4.77. The van der Waals surface area contributed by atoms with Gasteiger partial charge in [0, 0.05) is 44.3 Å². The van der Waals surface area contributed by atoms with Crippen LogP contribution in [0.5, 0.6) is 0 Å². The number of nitrogens with two attached hydrogens (primary N) is 2. The zero-order chi connectivity index (χ0) is 21.4. The van der Waals surface area contributed by atoms with E-state index in [1.165, 1.54) is 11.3 Å². The smallest absolute Gasteiger partial charge is 0.251 e. The lowest BCUT2D eigenvalue weighted by Crippen LogP contribution is -2.43. The highest BCUT2D eigenvalue weighted by Gasteiger charge is 2.18. The number of imidazole rings is 1. The van der Waals surface area contributed by atoms with Crippen molar-refractivity contribution in [2.45, 2.75) is 0 Å². The Hall–Kier alpha value is -3.89. The van der Waals surface area contributed by atoms with Crippen molar-refractivity contribution in [2.24, 2.45) is 11.6 Å². The number of benzene rings is 1. The molecule has 0 saturated carbocycles. The number of hydrogen-bond donors (Lipinski definition) is 3. The average molecular weight is 418 g/mol. The predicted molar refractivity (Wildman–Crippen MR) is 117 cm³/mol. The number of carbonyl (C=O) groups excluding carboxylic acids is 1. The van der Waals surface area contributed by atoms with Crippen LogP contribution in [0.3, 0.4) is 0 Å². The second kappa shape index (κ2) is 7.74. The molecule has 0 radical (unpaired) electrons. The molecular formula is C21H22N8O2. The molecule has 1 fully saturated rings. The summed E-state index contributed by atoms with van der Waals surface area (Å²) in [6.07, 6.45) is 6.39. The number of fused-ring (bicyclic) bond motifs is 1. The number of nitrogens with zero attached hydrogens (tertiary/aromatic N) is 5. The summed E-state index contributed by atoms with van der Waals surface area (Å²) in [5.74, 6) is 6.80. The third-order valence-corrected chi connectivity index (χ3v) is 5.38. The van der Waals surface area contributed by atoms with Crippen molar-refractivity contribution in [1.82, 2.24) is 19.7 Å². The molecule has 1 aliphatic rings. The highest BCUT2D eigenvalue weighted by atomic mass is 16.3. The first-order chi connectivity index (χ1) is 15.1. The second-order valence-electron chi connectivity index (χ2n) is 7.28. The highest BCUT2D eigenvalue weighted by Crippen LogP contribution is 2.29. The van der Waals surface area contributed by atoms with Gasteiger partial charge in [0.25, 0.3) is 5.91 Å². The molecule has 0 unspecified atom stereocenters. The summed E-state index contributed by atoms with van der Waals surface area (Å²) in [6.45, 7) is 3.92. The van der Waals surface area contributed by atoms with Gasteiger partial charge < -0.3 is 20.4 Å². The van der Waals surface area contributed by atoms with Crippen molar-refractivity contribution in [3.8, 4) is 11.5 Å². The molecule has 4 heterocycles. The third kappa shape index (κ3) is 3.47. The van der Waals surface area contributed by atoms with Crippen molar-refractivity contribution in [1.29, 1.82) is 0 Å². The number of carbonyl (C=O) groups is 1. The maximum atomic E-state index is 11.4. The third-order valence-electron chi connectivity index (χ3n) is 5.38. The Morgan fingerprint density at radius 3 is 2.65 bits per heavy atom. The first-order valence-electron chi connectivity index (χ1n) is 9.93. The number of furan rings is 1. The largest absolute Gasteiger partial charge is 0.462 e. The summed E-state index contributed by atoms with van der Waals surface area (Å²) in [6, 6.07) is 9.64. The normalized spacial score (nSPS) is 14.2. The van der Waals surface area contributed by atoms with Crippen LogP contribution in [0.15, 0.2) is 59.6 Å². The molecule has 0 atom stereocenters. The van der Waals surface area contributed by atoms with Gasteiger partial charge in [0.2, 0.25) is 0 Å². The molecule has 1 aliphatic heterocycles. The summed E-state index contributed by atoms with van der Waals surface area (Å²) in [7, 11) is 0. The van der Waals surface area contributed by atoms with Crippen molar-refractivity contribution >= 4 is 28.7 Å². The molecular weight excluding hydrogens is 396 g/mol. The fourth-order valence-corrected chi connectivity index (χ4v) is 3.73. The van der Waals surface area contributed by atoms with Gasteiger partial charge in [0.1, 0.15) is 12.0 Å². The molecule has 1 amide bonds. The van der Waals surface area contributed by atoms with Crippen molar-refractivity contribution in [3.05, 3.63) is 60.7 Å². The van der Waals surface area contributed by atoms with E-state index >= 15 is 0 Å². The molecule has 0 spiro atoms. The van der Waals surface area contributed by atoms with E-state index in [-0.39, 0.29) is 5.56 Å². The molecule has 1 saturated heterocycles. The summed E-state index contributed by atoms with van der Waals surface area (Å²) >= 11 is 0. The molecule has 0 aliphatic carbocycles. The van der Waals surface area contributed by atoms with Gasteiger partial charge in [-0.1, -0.05) is 0 Å². The quantitative estimate of drug-likeness (QED) is 0.328. The summed E-state index contributed by atoms with van der Waals surface area (Å²) in [5, 5.41) is 4.86. The average Bonchev–Trinajstić information content (AvgIpc) is 3.49. The van der Waals surface area contributed by atoms with E-state index in [0.717, 1.165) is 37.6 Å². The van der Waals surface area contributed by atoms with Crippen molar-refractivity contribution < 1.29 is 9.21 Å². The van der Waals surface area contributed by atoms with Gasteiger partial charge in [-0.2, -0.15) is 0 Å². The Balaban J connectivity index is 1.46. The molecule has 5 rings (SSSR count). The molecule has 10 nitrogen and oxygen atoms in total.